The number of hydrogen-bond acceptors (Lipinski definition) is 5. The molecule has 1 fully saturated rings. The summed E-state index contributed by atoms with van der Waals surface area (Å²) in [5.41, 5.74) is 3.49. The molecule has 0 aliphatic carbocycles. The van der Waals surface area contributed by atoms with Gasteiger partial charge in [0, 0.05) is 75.7 Å². The number of likely N-dealkylation sites (N-methyl/N-ethyl adjacent to an activating group) is 1. The molecular formula is C38H73BF2N6. The lowest BCUT2D eigenvalue weighted by Crippen LogP contribution is -2.53. The van der Waals surface area contributed by atoms with Gasteiger partial charge >= 0.3 is 0 Å². The number of piperazine rings is 1. The van der Waals surface area contributed by atoms with E-state index in [0.717, 1.165) is 51.3 Å². The first-order chi connectivity index (χ1) is 22.2. The van der Waals surface area contributed by atoms with Crippen molar-refractivity contribution >= 4 is 7.85 Å². The van der Waals surface area contributed by atoms with Gasteiger partial charge in [-0.3, -0.25) is 4.68 Å². The molecule has 1 saturated heterocycles. The lowest BCUT2D eigenvalue weighted by Gasteiger charge is -2.38. The quantitative estimate of drug-likeness (QED) is 0.116. The van der Waals surface area contributed by atoms with Gasteiger partial charge in [-0.2, -0.15) is 5.10 Å². The van der Waals surface area contributed by atoms with E-state index in [-0.39, 0.29) is 23.6 Å². The molecule has 0 amide bonds. The zero-order valence-electron chi connectivity index (χ0n) is 32.8. The molecule has 1 aromatic heterocycles. The summed E-state index contributed by atoms with van der Waals surface area (Å²) in [5.74, 6) is -0.587. The first-order valence-electron chi connectivity index (χ1n) is 17.8. The molecule has 3 unspecified atom stereocenters. The molecule has 1 aliphatic heterocycles. The molecule has 0 saturated carbocycles. The lowest BCUT2D eigenvalue weighted by molar-refractivity contribution is 0.138. The van der Waals surface area contributed by atoms with Gasteiger partial charge in [0.1, 0.15) is 0 Å². The number of rotatable bonds is 15. The van der Waals surface area contributed by atoms with Crippen molar-refractivity contribution in [1.82, 2.24) is 29.8 Å². The zero-order chi connectivity index (χ0) is 37.1. The molecule has 0 spiro atoms. The molecule has 6 nitrogen and oxygen atoms in total. The number of halogens is 2. The van der Waals surface area contributed by atoms with Gasteiger partial charge in [0.05, 0.1) is 14.0 Å². The molecule has 1 N–H and O–H groups in total. The number of hydrogen-bond donors (Lipinski definition) is 1. The van der Waals surface area contributed by atoms with E-state index in [0.29, 0.717) is 6.54 Å². The van der Waals surface area contributed by atoms with Crippen LogP contribution in [0.15, 0.2) is 55.4 Å². The van der Waals surface area contributed by atoms with Crippen molar-refractivity contribution in [3.05, 3.63) is 66.7 Å². The Labute approximate surface area is 291 Å². The van der Waals surface area contributed by atoms with Gasteiger partial charge in [0.25, 0.3) is 6.43 Å². The third-order valence-corrected chi connectivity index (χ3v) is 7.72. The number of allylic oxidation sites excluding steroid dienone is 3. The Bertz CT molecular complexity index is 928. The number of alkyl halides is 2. The van der Waals surface area contributed by atoms with Crippen LogP contribution in [0.3, 0.4) is 0 Å². The molecule has 3 atom stereocenters. The molecule has 272 valence electrons. The minimum absolute atomic E-state index is 0.0486. The number of aromatic nitrogens is 2. The molecule has 0 aromatic carbocycles. The summed E-state index contributed by atoms with van der Waals surface area (Å²) in [4.78, 5) is 6.89. The van der Waals surface area contributed by atoms with Crippen LogP contribution < -0.4 is 5.32 Å². The fourth-order valence-electron chi connectivity index (χ4n) is 4.89. The van der Waals surface area contributed by atoms with Crippen LogP contribution in [0.25, 0.3) is 0 Å². The minimum atomic E-state index is -2.55. The smallest absolute Gasteiger partial charge is 0.259 e. The Balaban J connectivity index is -0.00000155. The van der Waals surface area contributed by atoms with Gasteiger partial charge in [-0.05, 0) is 70.7 Å². The van der Waals surface area contributed by atoms with Crippen LogP contribution in [-0.2, 0) is 13.5 Å². The van der Waals surface area contributed by atoms with Crippen molar-refractivity contribution in [3.8, 4) is 0 Å². The fraction of sp³-hybridized carbons (Fsp3) is 0.711. The summed E-state index contributed by atoms with van der Waals surface area (Å²) >= 11 is 0. The average Bonchev–Trinajstić information content (AvgIpc) is 3.38. The predicted molar refractivity (Wildman–Crippen MR) is 206 cm³/mol. The zero-order valence-corrected chi connectivity index (χ0v) is 32.8. The molecule has 2 rings (SSSR count). The van der Waals surface area contributed by atoms with Crippen LogP contribution in [0.1, 0.15) is 93.3 Å². The summed E-state index contributed by atoms with van der Waals surface area (Å²) in [7, 11) is 10.6. The maximum Gasteiger partial charge on any atom is 0.259 e. The molecule has 1 aromatic rings. The van der Waals surface area contributed by atoms with Crippen molar-refractivity contribution in [2.24, 2.45) is 13.0 Å². The highest BCUT2D eigenvalue weighted by Gasteiger charge is 2.26. The highest BCUT2D eigenvalue weighted by Crippen LogP contribution is 2.23. The van der Waals surface area contributed by atoms with E-state index in [4.69, 9.17) is 7.85 Å². The Kier molecular flexibility index (Phi) is 31.3. The van der Waals surface area contributed by atoms with E-state index in [2.05, 4.69) is 99.5 Å². The lowest BCUT2D eigenvalue weighted by atomic mass is 9.90. The molecule has 47 heavy (non-hydrogen) atoms. The second-order valence-corrected chi connectivity index (χ2v) is 11.8. The second kappa shape index (κ2) is 29.9. The van der Waals surface area contributed by atoms with Gasteiger partial charge in [0.15, 0.2) is 0 Å². The van der Waals surface area contributed by atoms with Crippen molar-refractivity contribution in [2.45, 2.75) is 120 Å². The standard InChI is InChI=1S/C27H47BF2N6.C4H6.C3H8.2C2H6/c1-19(2)36(11-9-10-25-20(3)17-32-34(25)8)21(4)16-24(22(5)23(6)27(29)30)31-18-26(28)35-14-12-33(7)13-15-35;1-3-4-2;1-3-2;2*1-2/h16-17,19,22,24,26-27,31H,6,9-15,18H2,1-5,7-8H3;3-4H,1-2H2;3H2,1-2H3;2*1-2H3/b21-16+;;;;. The van der Waals surface area contributed by atoms with E-state index in [1.165, 1.54) is 17.7 Å². The Morgan fingerprint density at radius 3 is 1.96 bits per heavy atom. The maximum atomic E-state index is 13.6. The van der Waals surface area contributed by atoms with Crippen molar-refractivity contribution < 1.29 is 8.78 Å². The van der Waals surface area contributed by atoms with E-state index >= 15 is 0 Å². The monoisotopic (exact) mass is 663 g/mol. The van der Waals surface area contributed by atoms with Crippen LogP contribution in [0.5, 0.6) is 0 Å². The van der Waals surface area contributed by atoms with E-state index in [9.17, 15) is 8.78 Å². The van der Waals surface area contributed by atoms with Crippen LogP contribution in [-0.4, -0.2) is 103 Å². The van der Waals surface area contributed by atoms with Gasteiger partial charge < -0.3 is 20.0 Å². The topological polar surface area (TPSA) is 39.6 Å². The van der Waals surface area contributed by atoms with Crippen molar-refractivity contribution in [2.75, 3.05) is 46.3 Å². The third kappa shape index (κ3) is 20.7. The summed E-state index contributed by atoms with van der Waals surface area (Å²) in [6.07, 6.45) is 7.90. The van der Waals surface area contributed by atoms with Crippen LogP contribution in [0.2, 0.25) is 0 Å². The van der Waals surface area contributed by atoms with Gasteiger partial charge in [0.2, 0.25) is 0 Å². The molecule has 9 heteroatoms. The number of nitrogens with zero attached hydrogens (tertiary/aromatic N) is 5. The summed E-state index contributed by atoms with van der Waals surface area (Å²) in [6.45, 7) is 38.2. The van der Waals surface area contributed by atoms with Gasteiger partial charge in [-0.15, -0.1) is 0 Å². The maximum absolute atomic E-state index is 13.6. The van der Waals surface area contributed by atoms with Crippen LogP contribution >= 0.6 is 0 Å². The molecular weight excluding hydrogens is 589 g/mol. The summed E-state index contributed by atoms with van der Waals surface area (Å²) in [6, 6.07) is 0.00122. The molecule has 2 radical (unpaired) electrons. The number of nitrogens with one attached hydrogen (secondary N) is 1. The van der Waals surface area contributed by atoms with Crippen molar-refractivity contribution in [1.29, 1.82) is 0 Å². The predicted octanol–water partition coefficient (Wildman–Crippen LogP) is 8.26. The molecule has 1 aliphatic rings. The average molecular weight is 663 g/mol. The fourth-order valence-corrected chi connectivity index (χ4v) is 4.89. The summed E-state index contributed by atoms with van der Waals surface area (Å²) < 4.78 is 29.0. The van der Waals surface area contributed by atoms with Gasteiger partial charge in [-0.1, -0.05) is 86.8 Å². The van der Waals surface area contributed by atoms with Crippen LogP contribution in [0, 0.1) is 12.8 Å². The first-order valence-corrected chi connectivity index (χ1v) is 17.8. The highest BCUT2D eigenvalue weighted by molar-refractivity contribution is 6.11. The highest BCUT2D eigenvalue weighted by atomic mass is 19.3. The SMILES string of the molecule is C=CC=C.CC.CC.CCC.[B]C(CNC(/C=C(\C)N(CCCc1c(C)cnn1C)C(C)C)C(C)C(=C)C(F)F)N1CCN(C)CC1. The minimum Gasteiger partial charge on any atom is -0.373 e. The Morgan fingerprint density at radius 1 is 1.04 bits per heavy atom. The number of aryl methyl sites for hydroxylation is 2. The third-order valence-electron chi connectivity index (χ3n) is 7.72. The van der Waals surface area contributed by atoms with E-state index in [1.54, 1.807) is 12.2 Å². The normalized spacial score (nSPS) is 15.3. The first kappa shape index (κ1) is 49.2. The van der Waals surface area contributed by atoms with E-state index in [1.807, 2.05) is 52.5 Å². The largest absolute Gasteiger partial charge is 0.373 e. The summed E-state index contributed by atoms with van der Waals surface area (Å²) in [5, 5.41) is 7.84. The van der Waals surface area contributed by atoms with Crippen LogP contribution in [0.4, 0.5) is 8.78 Å². The van der Waals surface area contributed by atoms with Crippen molar-refractivity contribution in [3.63, 3.8) is 0 Å². The second-order valence-electron chi connectivity index (χ2n) is 11.8. The van der Waals surface area contributed by atoms with E-state index < -0.39 is 12.3 Å². The molecule has 0 bridgehead atoms. The van der Waals surface area contributed by atoms with Gasteiger partial charge in [-0.25, -0.2) is 8.78 Å². The molecule has 2 heterocycles. The Hall–Kier alpha value is -2.23. The Morgan fingerprint density at radius 2 is 1.55 bits per heavy atom.